The summed E-state index contributed by atoms with van der Waals surface area (Å²) >= 11 is 0. The van der Waals surface area contributed by atoms with E-state index in [9.17, 15) is 26.4 Å². The molecule has 0 fully saturated rings. The molecule has 28 heavy (non-hydrogen) atoms. The number of aromatic amines is 1. The molecule has 1 aromatic heterocycles. The van der Waals surface area contributed by atoms with E-state index in [-0.39, 0.29) is 10.6 Å². The summed E-state index contributed by atoms with van der Waals surface area (Å²) in [5.74, 6) is -2.06. The summed E-state index contributed by atoms with van der Waals surface area (Å²) < 4.78 is 59.6. The number of nitrogens with two attached hydrogens (primary N) is 1. The largest absolute Gasteiger partial charge is 0.471 e. The number of hydrogen-bond donors (Lipinski definition) is 3. The Balaban J connectivity index is 1.87. The number of rotatable bonds is 4. The van der Waals surface area contributed by atoms with E-state index < -0.39 is 22.1 Å². The molecule has 3 aromatic rings. The molecule has 3 rings (SSSR count). The number of halogens is 3. The molecular formula is C17H13F3N4O3S. The first-order valence-electron chi connectivity index (χ1n) is 7.71. The number of sulfonamides is 1. The molecule has 0 aliphatic heterocycles. The fourth-order valence-corrected chi connectivity index (χ4v) is 2.98. The van der Waals surface area contributed by atoms with Gasteiger partial charge < -0.3 is 5.32 Å². The van der Waals surface area contributed by atoms with Crippen LogP contribution in [-0.4, -0.2) is 30.7 Å². The van der Waals surface area contributed by atoms with E-state index in [2.05, 4.69) is 10.2 Å². The number of alkyl halides is 3. The zero-order valence-corrected chi connectivity index (χ0v) is 14.8. The minimum atomic E-state index is -4.97. The van der Waals surface area contributed by atoms with E-state index in [1.54, 1.807) is 11.5 Å². The highest BCUT2D eigenvalue weighted by Gasteiger charge is 2.38. The van der Waals surface area contributed by atoms with E-state index in [0.717, 1.165) is 0 Å². The molecule has 0 radical (unpaired) electrons. The molecule has 0 atom stereocenters. The number of primary sulfonamides is 1. The van der Waals surface area contributed by atoms with E-state index >= 15 is 0 Å². The Kier molecular flexibility index (Phi) is 4.96. The zero-order chi connectivity index (χ0) is 20.5. The van der Waals surface area contributed by atoms with Crippen LogP contribution in [0.1, 0.15) is 0 Å². The van der Waals surface area contributed by atoms with Crippen molar-refractivity contribution >= 4 is 21.6 Å². The molecule has 0 saturated carbocycles. The second-order valence-corrected chi connectivity index (χ2v) is 7.31. The SMILES string of the molecule is NS(=O)(=O)c1ccc(-c2n[nH]cc2-c2ccc(NC(=O)C(F)(F)F)cc2)cc1. The number of carbonyl (C=O) groups excluding carboxylic acids is 1. The Bertz CT molecular complexity index is 1110. The molecule has 0 bridgehead atoms. The number of anilines is 1. The molecule has 0 spiro atoms. The summed E-state index contributed by atoms with van der Waals surface area (Å²) in [7, 11) is -3.82. The smallest absolute Gasteiger partial charge is 0.318 e. The Hall–Kier alpha value is -3.18. The molecule has 4 N–H and O–H groups in total. The van der Waals surface area contributed by atoms with Crippen LogP contribution in [0.25, 0.3) is 22.4 Å². The number of nitrogens with zero attached hydrogens (tertiary/aromatic N) is 1. The number of carbonyl (C=O) groups is 1. The molecule has 146 valence electrons. The van der Waals surface area contributed by atoms with Crippen LogP contribution in [0.15, 0.2) is 59.6 Å². The summed E-state index contributed by atoms with van der Waals surface area (Å²) in [6.07, 6.45) is -3.38. The quantitative estimate of drug-likeness (QED) is 0.613. The van der Waals surface area contributed by atoms with Crippen molar-refractivity contribution in [1.29, 1.82) is 0 Å². The monoisotopic (exact) mass is 410 g/mol. The van der Waals surface area contributed by atoms with Crippen LogP contribution in [0.5, 0.6) is 0 Å². The lowest BCUT2D eigenvalue weighted by molar-refractivity contribution is -0.167. The maximum atomic E-state index is 12.3. The molecule has 7 nitrogen and oxygen atoms in total. The molecule has 0 aliphatic carbocycles. The van der Waals surface area contributed by atoms with Crippen LogP contribution in [0.3, 0.4) is 0 Å². The third-order valence-corrected chi connectivity index (χ3v) is 4.74. The molecule has 0 aliphatic rings. The normalized spacial score (nSPS) is 12.0. The van der Waals surface area contributed by atoms with Crippen molar-refractivity contribution in [3.05, 3.63) is 54.7 Å². The highest BCUT2D eigenvalue weighted by molar-refractivity contribution is 7.89. The lowest BCUT2D eigenvalue weighted by atomic mass is 10.0. The average Bonchev–Trinajstić information content (AvgIpc) is 3.10. The zero-order valence-electron chi connectivity index (χ0n) is 14.0. The van der Waals surface area contributed by atoms with Gasteiger partial charge >= 0.3 is 12.1 Å². The van der Waals surface area contributed by atoms with Gasteiger partial charge in [-0.25, -0.2) is 13.6 Å². The molecule has 2 aromatic carbocycles. The molecular weight excluding hydrogens is 397 g/mol. The Labute approximate surface area is 157 Å². The first kappa shape index (κ1) is 19.6. The van der Waals surface area contributed by atoms with Crippen molar-refractivity contribution in [3.63, 3.8) is 0 Å². The van der Waals surface area contributed by atoms with Gasteiger partial charge in [0.05, 0.1) is 10.6 Å². The molecule has 1 amide bonds. The van der Waals surface area contributed by atoms with Gasteiger partial charge in [-0.2, -0.15) is 18.3 Å². The van der Waals surface area contributed by atoms with Gasteiger partial charge in [-0.05, 0) is 29.8 Å². The Morgan fingerprint density at radius 2 is 1.57 bits per heavy atom. The summed E-state index contributed by atoms with van der Waals surface area (Å²) in [6, 6.07) is 11.5. The minimum Gasteiger partial charge on any atom is -0.318 e. The van der Waals surface area contributed by atoms with Gasteiger partial charge in [0.25, 0.3) is 0 Å². The van der Waals surface area contributed by atoms with Crippen molar-refractivity contribution in [1.82, 2.24) is 10.2 Å². The minimum absolute atomic E-state index is 0.00590. The highest BCUT2D eigenvalue weighted by Crippen LogP contribution is 2.31. The number of H-pyrrole nitrogens is 1. The fraction of sp³-hybridized carbons (Fsp3) is 0.0588. The Morgan fingerprint density at radius 1 is 1.00 bits per heavy atom. The maximum absolute atomic E-state index is 12.3. The van der Waals surface area contributed by atoms with Crippen LogP contribution in [0, 0.1) is 0 Å². The van der Waals surface area contributed by atoms with Crippen LogP contribution >= 0.6 is 0 Å². The number of amides is 1. The topological polar surface area (TPSA) is 118 Å². The van der Waals surface area contributed by atoms with Crippen LogP contribution < -0.4 is 10.5 Å². The number of aromatic nitrogens is 2. The average molecular weight is 410 g/mol. The van der Waals surface area contributed by atoms with E-state index in [1.165, 1.54) is 48.5 Å². The molecule has 1 heterocycles. The van der Waals surface area contributed by atoms with Crippen molar-refractivity contribution in [2.24, 2.45) is 5.14 Å². The fourth-order valence-electron chi connectivity index (χ4n) is 2.47. The Morgan fingerprint density at radius 3 is 2.11 bits per heavy atom. The van der Waals surface area contributed by atoms with Gasteiger partial charge in [0.2, 0.25) is 10.0 Å². The van der Waals surface area contributed by atoms with Crippen molar-refractivity contribution in [3.8, 4) is 22.4 Å². The number of hydrogen-bond acceptors (Lipinski definition) is 4. The van der Waals surface area contributed by atoms with Crippen molar-refractivity contribution < 1.29 is 26.4 Å². The predicted molar refractivity (Wildman–Crippen MR) is 95.5 cm³/mol. The molecule has 0 unspecified atom stereocenters. The predicted octanol–water partition coefficient (Wildman–Crippen LogP) is 2.89. The molecule has 11 heteroatoms. The standard InChI is InChI=1S/C17H13F3N4O3S/c18-17(19,20)16(25)23-12-5-1-10(2-6-12)14-9-22-24-15(14)11-3-7-13(8-4-11)28(21,26)27/h1-9H,(H,22,24)(H,23,25)(H2,21,26,27). The van der Waals surface area contributed by atoms with Crippen molar-refractivity contribution in [2.75, 3.05) is 5.32 Å². The second-order valence-electron chi connectivity index (χ2n) is 5.75. The van der Waals surface area contributed by atoms with Crippen LogP contribution in [0.2, 0.25) is 0 Å². The van der Waals surface area contributed by atoms with Gasteiger partial charge in [0, 0.05) is 23.0 Å². The summed E-state index contributed by atoms with van der Waals surface area (Å²) in [5, 5.41) is 13.7. The van der Waals surface area contributed by atoms with Crippen molar-refractivity contribution in [2.45, 2.75) is 11.1 Å². The third kappa shape index (κ3) is 4.21. The third-order valence-electron chi connectivity index (χ3n) is 3.81. The lowest BCUT2D eigenvalue weighted by Crippen LogP contribution is -2.29. The van der Waals surface area contributed by atoms with Gasteiger partial charge in [-0.3, -0.25) is 9.89 Å². The second kappa shape index (κ2) is 7.09. The first-order valence-corrected chi connectivity index (χ1v) is 9.26. The number of benzene rings is 2. The maximum Gasteiger partial charge on any atom is 0.471 e. The highest BCUT2D eigenvalue weighted by atomic mass is 32.2. The lowest BCUT2D eigenvalue weighted by Gasteiger charge is -2.09. The summed E-state index contributed by atoms with van der Waals surface area (Å²) in [6.45, 7) is 0. The molecule has 0 saturated heterocycles. The van der Waals surface area contributed by atoms with Gasteiger partial charge in [-0.1, -0.05) is 24.3 Å². The van der Waals surface area contributed by atoms with Gasteiger partial charge in [0.1, 0.15) is 0 Å². The van der Waals surface area contributed by atoms with Gasteiger partial charge in [-0.15, -0.1) is 0 Å². The van der Waals surface area contributed by atoms with Crippen LogP contribution in [-0.2, 0) is 14.8 Å². The first-order chi connectivity index (χ1) is 13.1. The van der Waals surface area contributed by atoms with E-state index in [4.69, 9.17) is 5.14 Å². The van der Waals surface area contributed by atoms with Crippen LogP contribution in [0.4, 0.5) is 18.9 Å². The van der Waals surface area contributed by atoms with E-state index in [0.29, 0.717) is 22.4 Å². The summed E-state index contributed by atoms with van der Waals surface area (Å²) in [5.41, 5.74) is 2.38. The van der Waals surface area contributed by atoms with E-state index in [1.807, 2.05) is 0 Å². The number of nitrogens with one attached hydrogen (secondary N) is 2. The van der Waals surface area contributed by atoms with Gasteiger partial charge in [0.15, 0.2) is 0 Å². The summed E-state index contributed by atoms with van der Waals surface area (Å²) in [4.78, 5) is 10.9.